The Balaban J connectivity index is 1.48. The lowest BCUT2D eigenvalue weighted by atomic mass is 9.42. The third-order valence-corrected chi connectivity index (χ3v) is 10.1. The number of ether oxygens (including phenoxy) is 1. The summed E-state index contributed by atoms with van der Waals surface area (Å²) < 4.78 is 5.67. The predicted octanol–water partition coefficient (Wildman–Crippen LogP) is 2.27. The fourth-order valence-electron chi connectivity index (χ4n) is 8.22. The monoisotopic (exact) mass is 474 g/mol. The zero-order chi connectivity index (χ0) is 24.1. The van der Waals surface area contributed by atoms with Gasteiger partial charge in [0.25, 0.3) is 0 Å². The summed E-state index contributed by atoms with van der Waals surface area (Å²) in [5.41, 5.74) is 0.0895. The second kappa shape index (κ2) is 9.01. The molecule has 8 nitrogen and oxygen atoms in total. The molecule has 8 atom stereocenters. The molecule has 1 aliphatic heterocycles. The molecule has 188 valence electrons. The summed E-state index contributed by atoms with van der Waals surface area (Å²) in [6.07, 6.45) is 5.88. The first kappa shape index (κ1) is 23.9. The molecule has 34 heavy (non-hydrogen) atoms. The number of rotatable bonds is 5. The molecule has 0 bridgehead atoms. The number of aliphatic hydroxyl groups is 1. The van der Waals surface area contributed by atoms with Gasteiger partial charge in [-0.1, -0.05) is 12.1 Å². The lowest BCUT2D eigenvalue weighted by molar-refractivity contribution is -0.181. The van der Waals surface area contributed by atoms with Crippen molar-refractivity contribution in [3.63, 3.8) is 0 Å². The Morgan fingerprint density at radius 2 is 1.97 bits per heavy atom. The van der Waals surface area contributed by atoms with Gasteiger partial charge in [-0.15, -0.1) is 0 Å². The lowest BCUT2D eigenvalue weighted by Gasteiger charge is -2.61. The van der Waals surface area contributed by atoms with E-state index in [1.807, 2.05) is 6.92 Å². The second-order valence-electron chi connectivity index (χ2n) is 11.5. The number of fused-ring (bicyclic) bond motifs is 5. The van der Waals surface area contributed by atoms with E-state index >= 15 is 0 Å². The van der Waals surface area contributed by atoms with E-state index in [-0.39, 0.29) is 60.5 Å². The summed E-state index contributed by atoms with van der Waals surface area (Å²) in [6, 6.07) is 0. The fourth-order valence-corrected chi connectivity index (χ4v) is 8.22. The number of aliphatic hydroxyl groups excluding tert-OH is 1. The van der Waals surface area contributed by atoms with E-state index in [0.717, 1.165) is 57.3 Å². The highest BCUT2D eigenvalue weighted by Gasteiger charge is 2.66. The molecule has 4 aliphatic carbocycles. The summed E-state index contributed by atoms with van der Waals surface area (Å²) in [7, 11) is 0. The number of carbonyl (C=O) groups excluding carboxylic acids is 3. The summed E-state index contributed by atoms with van der Waals surface area (Å²) in [4.78, 5) is 44.4. The quantitative estimate of drug-likeness (QED) is 0.464. The van der Waals surface area contributed by atoms with Crippen molar-refractivity contribution < 1.29 is 29.1 Å². The Morgan fingerprint density at radius 1 is 1.15 bits per heavy atom. The molecule has 0 aromatic carbocycles. The molecule has 4 saturated carbocycles. The van der Waals surface area contributed by atoms with Crippen LogP contribution in [0.25, 0.3) is 0 Å². The van der Waals surface area contributed by atoms with E-state index in [4.69, 9.17) is 9.57 Å². The lowest BCUT2D eigenvalue weighted by Crippen LogP contribution is -2.63. The van der Waals surface area contributed by atoms with Crippen LogP contribution in [0.2, 0.25) is 0 Å². The first-order valence-corrected chi connectivity index (χ1v) is 13.0. The molecular formula is C26H38N2O6. The van der Waals surface area contributed by atoms with Crippen LogP contribution in [0, 0.1) is 40.4 Å². The number of Topliss-reactive ketones (excluding diaryl/α,β-unsaturated/α-hetero) is 2. The van der Waals surface area contributed by atoms with E-state index in [1.165, 1.54) is 6.92 Å². The third-order valence-electron chi connectivity index (χ3n) is 10.1. The normalized spacial score (nSPS) is 45.0. The predicted molar refractivity (Wildman–Crippen MR) is 124 cm³/mol. The Bertz CT molecular complexity index is 883. The maximum absolute atomic E-state index is 13.9. The molecule has 0 aromatic rings. The van der Waals surface area contributed by atoms with E-state index in [0.29, 0.717) is 12.8 Å². The zero-order valence-corrected chi connectivity index (χ0v) is 20.4. The summed E-state index contributed by atoms with van der Waals surface area (Å²) in [6.45, 7) is 5.21. The number of esters is 1. The van der Waals surface area contributed by atoms with Gasteiger partial charge in [0.1, 0.15) is 17.7 Å². The van der Waals surface area contributed by atoms with E-state index in [9.17, 15) is 19.5 Å². The van der Waals surface area contributed by atoms with Crippen LogP contribution in [0.1, 0.15) is 65.2 Å². The minimum Gasteiger partial charge on any atom is -0.465 e. The van der Waals surface area contributed by atoms with Gasteiger partial charge < -0.3 is 20.0 Å². The van der Waals surface area contributed by atoms with Crippen LogP contribution in [-0.2, 0) is 24.0 Å². The van der Waals surface area contributed by atoms with Crippen molar-refractivity contribution in [1.29, 1.82) is 0 Å². The van der Waals surface area contributed by atoms with Crippen LogP contribution < -0.4 is 5.32 Å². The summed E-state index contributed by atoms with van der Waals surface area (Å²) in [5, 5.41) is 18.2. The molecule has 5 fully saturated rings. The van der Waals surface area contributed by atoms with Crippen molar-refractivity contribution in [3.8, 4) is 0 Å². The van der Waals surface area contributed by atoms with E-state index < -0.39 is 16.7 Å². The maximum atomic E-state index is 13.9. The van der Waals surface area contributed by atoms with Gasteiger partial charge in [0.05, 0.1) is 18.9 Å². The summed E-state index contributed by atoms with van der Waals surface area (Å²) in [5.74, 6) is -0.815. The van der Waals surface area contributed by atoms with Gasteiger partial charge in [-0.3, -0.25) is 14.4 Å². The maximum Gasteiger partial charge on any atom is 0.302 e. The number of hydrogen-bond donors (Lipinski definition) is 2. The topological polar surface area (TPSA) is 114 Å². The standard InChI is InChI=1S/C26H38N2O6/c1-15(30)33-14-26-9-5-16(28-34-17-7-10-27-12-17)11-21(26)18(13-29)24(32)23-19-3-4-22(31)25(19,2)8-6-20(23)26/h17-21,23,27,29H,3-14H2,1-2H3/b28-16-. The van der Waals surface area contributed by atoms with Gasteiger partial charge in [-0.25, -0.2) is 0 Å². The number of nitrogens with zero attached hydrogens (tertiary/aromatic N) is 1. The van der Waals surface area contributed by atoms with Crippen LogP contribution in [0.4, 0.5) is 0 Å². The van der Waals surface area contributed by atoms with Crippen LogP contribution in [0.15, 0.2) is 5.16 Å². The Hall–Kier alpha value is -1.80. The molecule has 8 unspecified atom stereocenters. The molecule has 2 N–H and O–H groups in total. The largest absolute Gasteiger partial charge is 0.465 e. The molecule has 0 amide bonds. The van der Waals surface area contributed by atoms with Crippen molar-refractivity contribution in [2.45, 2.75) is 71.3 Å². The number of nitrogens with one attached hydrogen (secondary N) is 1. The first-order chi connectivity index (χ1) is 16.3. The highest BCUT2D eigenvalue weighted by molar-refractivity contribution is 5.93. The van der Waals surface area contributed by atoms with Gasteiger partial charge in [-0.05, 0) is 62.8 Å². The molecular weight excluding hydrogens is 436 g/mol. The zero-order valence-electron chi connectivity index (χ0n) is 20.4. The van der Waals surface area contributed by atoms with Crippen LogP contribution in [-0.4, -0.2) is 60.8 Å². The molecule has 0 radical (unpaired) electrons. The molecule has 0 aromatic heterocycles. The average Bonchev–Trinajstić information content (AvgIpc) is 3.44. The fraction of sp³-hybridized carbons (Fsp3) is 0.846. The SMILES string of the molecule is CC(=O)OCC12CC/C(=N/OC3CCNC3)CC1C(CO)C(=O)C1C3CCC(=O)C3(C)CCC12. The Morgan fingerprint density at radius 3 is 2.68 bits per heavy atom. The molecule has 0 spiro atoms. The summed E-state index contributed by atoms with van der Waals surface area (Å²) >= 11 is 0. The molecule has 5 aliphatic rings. The van der Waals surface area contributed by atoms with Crippen molar-refractivity contribution in [1.82, 2.24) is 5.32 Å². The van der Waals surface area contributed by atoms with Crippen LogP contribution in [0.5, 0.6) is 0 Å². The minimum absolute atomic E-state index is 0.0173. The highest BCUT2D eigenvalue weighted by atomic mass is 16.6. The van der Waals surface area contributed by atoms with Crippen LogP contribution >= 0.6 is 0 Å². The van der Waals surface area contributed by atoms with Crippen molar-refractivity contribution in [2.75, 3.05) is 26.3 Å². The van der Waals surface area contributed by atoms with Crippen molar-refractivity contribution in [3.05, 3.63) is 0 Å². The van der Waals surface area contributed by atoms with Gasteiger partial charge in [0.2, 0.25) is 0 Å². The number of ketones is 2. The van der Waals surface area contributed by atoms with Gasteiger partial charge in [0.15, 0.2) is 0 Å². The third kappa shape index (κ3) is 3.72. The highest BCUT2D eigenvalue weighted by Crippen LogP contribution is 2.65. The smallest absolute Gasteiger partial charge is 0.302 e. The van der Waals surface area contributed by atoms with Gasteiger partial charge in [-0.2, -0.15) is 0 Å². The van der Waals surface area contributed by atoms with Crippen molar-refractivity contribution >= 4 is 23.2 Å². The molecule has 5 rings (SSSR count). The number of hydrogen-bond acceptors (Lipinski definition) is 8. The molecule has 1 heterocycles. The Labute approximate surface area is 201 Å². The van der Waals surface area contributed by atoms with Crippen molar-refractivity contribution in [2.24, 2.45) is 45.6 Å². The first-order valence-electron chi connectivity index (χ1n) is 13.0. The minimum atomic E-state index is -0.534. The van der Waals surface area contributed by atoms with E-state index in [2.05, 4.69) is 10.5 Å². The number of oxime groups is 1. The van der Waals surface area contributed by atoms with Gasteiger partial charge in [0, 0.05) is 49.0 Å². The number of carbonyl (C=O) groups is 3. The average molecular weight is 475 g/mol. The van der Waals surface area contributed by atoms with Crippen LogP contribution in [0.3, 0.4) is 0 Å². The van der Waals surface area contributed by atoms with E-state index in [1.54, 1.807) is 0 Å². The molecule has 8 heteroatoms. The molecule has 1 saturated heterocycles. The Kier molecular flexibility index (Phi) is 6.34. The second-order valence-corrected chi connectivity index (χ2v) is 11.5. The van der Waals surface area contributed by atoms with Gasteiger partial charge >= 0.3 is 5.97 Å².